The average Bonchev–Trinajstić information content (AvgIpc) is 3.14. The summed E-state index contributed by atoms with van der Waals surface area (Å²) in [5.74, 6) is -0.242. The number of carbonyl (C=O) groups excluding carboxylic acids is 1. The Morgan fingerprint density at radius 1 is 1.35 bits per heavy atom. The van der Waals surface area contributed by atoms with Gasteiger partial charge in [-0.3, -0.25) is 9.89 Å². The zero-order valence-corrected chi connectivity index (χ0v) is 11.3. The number of nitrogens with two attached hydrogens (primary N) is 1. The molecule has 2 aromatic heterocycles. The van der Waals surface area contributed by atoms with E-state index in [1.165, 1.54) is 12.4 Å². The quantitative estimate of drug-likeness (QED) is 0.646. The number of hydrogen-bond acceptors (Lipinski definition) is 4. The van der Waals surface area contributed by atoms with Crippen LogP contribution < -0.4 is 11.1 Å². The number of amides is 1. The van der Waals surface area contributed by atoms with Crippen LogP contribution in [-0.2, 0) is 0 Å². The first-order valence-corrected chi connectivity index (χ1v) is 6.85. The van der Waals surface area contributed by atoms with E-state index < -0.39 is 0 Å². The smallest absolute Gasteiger partial charge is 0.258 e. The second kappa shape index (κ2) is 5.18. The lowest BCUT2D eigenvalue weighted by atomic mass is 10.1. The van der Waals surface area contributed by atoms with Crippen LogP contribution in [0.2, 0.25) is 0 Å². The Morgan fingerprint density at radius 3 is 2.95 bits per heavy atom. The fourth-order valence-corrected chi connectivity index (χ4v) is 2.55. The first kappa shape index (κ1) is 12.4. The van der Waals surface area contributed by atoms with Crippen LogP contribution in [0.15, 0.2) is 48.1 Å². The van der Waals surface area contributed by atoms with Crippen LogP contribution in [0.25, 0.3) is 10.4 Å². The third kappa shape index (κ3) is 2.41. The fourth-order valence-electron chi connectivity index (χ4n) is 1.83. The van der Waals surface area contributed by atoms with E-state index in [0.717, 1.165) is 10.4 Å². The van der Waals surface area contributed by atoms with E-state index in [4.69, 9.17) is 5.73 Å². The van der Waals surface area contributed by atoms with E-state index in [1.54, 1.807) is 17.4 Å². The summed E-state index contributed by atoms with van der Waals surface area (Å²) in [5, 5.41) is 11.2. The van der Waals surface area contributed by atoms with Gasteiger partial charge in [0.15, 0.2) is 0 Å². The van der Waals surface area contributed by atoms with Crippen LogP contribution in [0.5, 0.6) is 0 Å². The van der Waals surface area contributed by atoms with Crippen molar-refractivity contribution in [1.82, 2.24) is 10.2 Å². The monoisotopic (exact) mass is 284 g/mol. The predicted octanol–water partition coefficient (Wildman–Crippen LogP) is 2.97. The summed E-state index contributed by atoms with van der Waals surface area (Å²) in [6.07, 6.45) is 3.00. The highest BCUT2D eigenvalue weighted by molar-refractivity contribution is 7.13. The maximum atomic E-state index is 12.0. The molecule has 0 aliphatic heterocycles. The molecule has 0 bridgehead atoms. The van der Waals surface area contributed by atoms with Crippen LogP contribution in [0, 0.1) is 0 Å². The highest BCUT2D eigenvalue weighted by atomic mass is 32.1. The molecule has 0 unspecified atom stereocenters. The van der Waals surface area contributed by atoms with E-state index in [0.29, 0.717) is 16.9 Å². The summed E-state index contributed by atoms with van der Waals surface area (Å²) in [6.45, 7) is 0. The largest absolute Gasteiger partial charge is 0.397 e. The molecule has 5 nitrogen and oxygen atoms in total. The summed E-state index contributed by atoms with van der Waals surface area (Å²) >= 11 is 1.64. The van der Waals surface area contributed by atoms with E-state index in [-0.39, 0.29) is 5.91 Å². The first-order chi connectivity index (χ1) is 9.74. The average molecular weight is 284 g/mol. The lowest BCUT2D eigenvalue weighted by Gasteiger charge is -2.09. The van der Waals surface area contributed by atoms with Gasteiger partial charge in [0, 0.05) is 11.1 Å². The Kier molecular flexibility index (Phi) is 3.22. The minimum Gasteiger partial charge on any atom is -0.397 e. The molecule has 0 aliphatic carbocycles. The Morgan fingerprint density at radius 2 is 2.25 bits per heavy atom. The molecular formula is C14H12N4OS. The van der Waals surface area contributed by atoms with Crippen LogP contribution >= 0.6 is 11.3 Å². The van der Waals surface area contributed by atoms with Crippen LogP contribution in [-0.4, -0.2) is 16.1 Å². The van der Waals surface area contributed by atoms with Gasteiger partial charge in [0.2, 0.25) is 0 Å². The number of nitrogens with zero attached hydrogens (tertiary/aromatic N) is 1. The van der Waals surface area contributed by atoms with Crippen LogP contribution in [0.1, 0.15) is 10.4 Å². The summed E-state index contributed by atoms with van der Waals surface area (Å²) in [4.78, 5) is 13.1. The number of hydrogen-bond donors (Lipinski definition) is 3. The molecule has 6 heteroatoms. The van der Waals surface area contributed by atoms with Crippen LogP contribution in [0.3, 0.4) is 0 Å². The van der Waals surface area contributed by atoms with Gasteiger partial charge in [-0.15, -0.1) is 11.3 Å². The molecule has 3 aromatic rings. The van der Waals surface area contributed by atoms with Crippen molar-refractivity contribution < 1.29 is 4.79 Å². The number of aromatic nitrogens is 2. The topological polar surface area (TPSA) is 83.8 Å². The normalized spacial score (nSPS) is 10.4. The molecule has 0 aliphatic rings. The number of nitrogen functional groups attached to an aromatic ring is 1. The van der Waals surface area contributed by atoms with E-state index in [9.17, 15) is 4.79 Å². The summed E-state index contributed by atoms with van der Waals surface area (Å²) < 4.78 is 0. The number of rotatable bonds is 3. The van der Waals surface area contributed by atoms with Crippen molar-refractivity contribution >= 4 is 28.6 Å². The maximum Gasteiger partial charge on any atom is 0.258 e. The Labute approximate surface area is 119 Å². The molecule has 0 spiro atoms. The van der Waals surface area contributed by atoms with Gasteiger partial charge in [-0.2, -0.15) is 5.10 Å². The van der Waals surface area contributed by atoms with Crippen molar-refractivity contribution in [2.24, 2.45) is 0 Å². The van der Waals surface area contributed by atoms with E-state index in [1.807, 2.05) is 29.6 Å². The minimum absolute atomic E-state index is 0.242. The summed E-state index contributed by atoms with van der Waals surface area (Å²) in [5.41, 5.74) is 8.53. The summed E-state index contributed by atoms with van der Waals surface area (Å²) in [6, 6.07) is 9.62. The lowest BCUT2D eigenvalue weighted by molar-refractivity contribution is 0.102. The molecule has 0 atom stereocenters. The second-order valence-corrected chi connectivity index (χ2v) is 5.17. The standard InChI is InChI=1S/C14H12N4OS/c15-11-4-3-9(13-2-1-5-20-13)6-12(11)18-14(19)10-7-16-17-8-10/h1-8H,15H2,(H,16,17)(H,18,19). The van der Waals surface area contributed by atoms with Gasteiger partial charge in [-0.05, 0) is 29.1 Å². The van der Waals surface area contributed by atoms with Crippen molar-refractivity contribution in [3.63, 3.8) is 0 Å². The predicted molar refractivity (Wildman–Crippen MR) is 80.7 cm³/mol. The highest BCUT2D eigenvalue weighted by Gasteiger charge is 2.10. The Hall–Kier alpha value is -2.60. The van der Waals surface area contributed by atoms with Gasteiger partial charge >= 0.3 is 0 Å². The number of benzene rings is 1. The molecule has 0 radical (unpaired) electrons. The van der Waals surface area contributed by atoms with Crippen molar-refractivity contribution in [2.45, 2.75) is 0 Å². The molecule has 2 heterocycles. The fraction of sp³-hybridized carbons (Fsp3) is 0. The molecule has 1 amide bonds. The molecule has 3 rings (SSSR count). The minimum atomic E-state index is -0.242. The Bertz CT molecular complexity index is 720. The van der Waals surface area contributed by atoms with Crippen molar-refractivity contribution in [2.75, 3.05) is 11.1 Å². The molecule has 0 fully saturated rings. The number of carbonyl (C=O) groups is 1. The van der Waals surface area contributed by atoms with E-state index in [2.05, 4.69) is 15.5 Å². The van der Waals surface area contributed by atoms with Gasteiger partial charge in [0.25, 0.3) is 5.91 Å². The SMILES string of the molecule is Nc1ccc(-c2cccs2)cc1NC(=O)c1cn[nH]c1. The molecule has 1 aromatic carbocycles. The van der Waals surface area contributed by atoms with Gasteiger partial charge in [-0.25, -0.2) is 0 Å². The number of aromatic amines is 1. The van der Waals surface area contributed by atoms with Crippen molar-refractivity contribution in [3.8, 4) is 10.4 Å². The lowest BCUT2D eigenvalue weighted by Crippen LogP contribution is -2.12. The maximum absolute atomic E-state index is 12.0. The zero-order valence-electron chi connectivity index (χ0n) is 10.5. The molecule has 4 N–H and O–H groups in total. The van der Waals surface area contributed by atoms with Crippen molar-refractivity contribution in [3.05, 3.63) is 53.7 Å². The van der Waals surface area contributed by atoms with Gasteiger partial charge in [0.05, 0.1) is 23.1 Å². The number of H-pyrrole nitrogens is 1. The first-order valence-electron chi connectivity index (χ1n) is 5.97. The number of thiophene rings is 1. The molecule has 20 heavy (non-hydrogen) atoms. The van der Waals surface area contributed by atoms with Gasteiger partial charge < -0.3 is 11.1 Å². The molecular weight excluding hydrogens is 272 g/mol. The highest BCUT2D eigenvalue weighted by Crippen LogP contribution is 2.30. The number of nitrogens with one attached hydrogen (secondary N) is 2. The van der Waals surface area contributed by atoms with Crippen LogP contribution in [0.4, 0.5) is 11.4 Å². The van der Waals surface area contributed by atoms with Gasteiger partial charge in [0.1, 0.15) is 0 Å². The summed E-state index contributed by atoms with van der Waals surface area (Å²) in [7, 11) is 0. The second-order valence-electron chi connectivity index (χ2n) is 4.22. The zero-order chi connectivity index (χ0) is 13.9. The van der Waals surface area contributed by atoms with E-state index >= 15 is 0 Å². The molecule has 0 saturated heterocycles. The molecule has 100 valence electrons. The Balaban J connectivity index is 1.89. The van der Waals surface area contributed by atoms with Crippen molar-refractivity contribution in [1.29, 1.82) is 0 Å². The third-order valence-corrected chi connectivity index (χ3v) is 3.79. The van der Waals surface area contributed by atoms with Gasteiger partial charge in [-0.1, -0.05) is 12.1 Å². The third-order valence-electron chi connectivity index (χ3n) is 2.87. The number of anilines is 2. The molecule has 0 saturated carbocycles.